The van der Waals surface area contributed by atoms with Gasteiger partial charge in [0.25, 0.3) is 0 Å². The van der Waals surface area contributed by atoms with Crippen molar-refractivity contribution in [3.8, 4) is 5.75 Å². The first kappa shape index (κ1) is 30.5. The standard InChI is InChI=1S/C30H17Br2F6NO5/c31-13-1-4-21(40)18(8-13)23-15-2-3-16-24(17(15)9-19-25(23)22(41)10-20(32)26(19)42)28(44)39(27(16)43)14-6-11(29(33,34)35)5-12(7-14)30(36,37)38/h1-2,4-8,10,16-17,23-24,40H,3,9H2/t16-,17+,23+,24-/m0/s1. The summed E-state index contributed by atoms with van der Waals surface area (Å²) in [7, 11) is 0. The zero-order valence-electron chi connectivity index (χ0n) is 21.9. The third kappa shape index (κ3) is 4.77. The van der Waals surface area contributed by atoms with E-state index in [1.54, 1.807) is 18.2 Å². The number of aromatic hydroxyl groups is 1. The van der Waals surface area contributed by atoms with Gasteiger partial charge >= 0.3 is 12.4 Å². The first-order valence-corrected chi connectivity index (χ1v) is 14.6. The number of phenolic OH excluding ortho intramolecular Hbond substituents is 1. The zero-order chi connectivity index (χ0) is 32.0. The quantitative estimate of drug-likeness (QED) is 0.153. The zero-order valence-corrected chi connectivity index (χ0v) is 25.1. The molecule has 1 heterocycles. The Morgan fingerprint density at radius 1 is 0.841 bits per heavy atom. The number of fused-ring (bicyclic) bond motifs is 3. The van der Waals surface area contributed by atoms with Gasteiger partial charge in [-0.25, -0.2) is 4.90 Å². The number of carbonyl (C=O) groups is 4. The highest BCUT2D eigenvalue weighted by Gasteiger charge is 2.57. The average Bonchev–Trinajstić information content (AvgIpc) is 3.20. The summed E-state index contributed by atoms with van der Waals surface area (Å²) in [4.78, 5) is 54.5. The van der Waals surface area contributed by atoms with Crippen LogP contribution in [0.3, 0.4) is 0 Å². The molecule has 3 aliphatic carbocycles. The van der Waals surface area contributed by atoms with Crippen LogP contribution in [0.5, 0.6) is 5.75 Å². The van der Waals surface area contributed by atoms with E-state index in [9.17, 15) is 50.6 Å². The first-order chi connectivity index (χ1) is 20.5. The van der Waals surface area contributed by atoms with Gasteiger partial charge in [-0.15, -0.1) is 0 Å². The van der Waals surface area contributed by atoms with Gasteiger partial charge in [-0.3, -0.25) is 19.2 Å². The molecule has 0 saturated carbocycles. The van der Waals surface area contributed by atoms with Crippen LogP contribution in [-0.2, 0) is 31.5 Å². The molecule has 6 nitrogen and oxygen atoms in total. The van der Waals surface area contributed by atoms with Gasteiger partial charge in [-0.05, 0) is 71.1 Å². The van der Waals surface area contributed by atoms with Crippen molar-refractivity contribution in [3.05, 3.63) is 90.9 Å². The molecule has 2 aromatic carbocycles. The highest BCUT2D eigenvalue weighted by Crippen LogP contribution is 2.57. The third-order valence-electron chi connectivity index (χ3n) is 8.46. The van der Waals surface area contributed by atoms with Crippen LogP contribution in [0, 0.1) is 17.8 Å². The summed E-state index contributed by atoms with van der Waals surface area (Å²) in [5.74, 6) is -7.64. The van der Waals surface area contributed by atoms with Crippen LogP contribution in [0.25, 0.3) is 0 Å². The van der Waals surface area contributed by atoms with Crippen molar-refractivity contribution in [1.82, 2.24) is 0 Å². The van der Waals surface area contributed by atoms with Crippen LogP contribution in [0.1, 0.15) is 35.4 Å². The lowest BCUT2D eigenvalue weighted by atomic mass is 9.59. The molecule has 2 aromatic rings. The Kier molecular flexibility index (Phi) is 7.11. The van der Waals surface area contributed by atoms with Gasteiger partial charge in [0.2, 0.25) is 11.8 Å². The molecule has 14 heteroatoms. The number of Topliss-reactive ketones (excluding diaryl/α,β-unsaturated/α-hetero) is 1. The summed E-state index contributed by atoms with van der Waals surface area (Å²) >= 11 is 6.41. The van der Waals surface area contributed by atoms with E-state index < -0.39 is 76.2 Å². The third-order valence-corrected chi connectivity index (χ3v) is 9.54. The van der Waals surface area contributed by atoms with E-state index in [0.29, 0.717) is 27.1 Å². The molecule has 6 rings (SSSR count). The van der Waals surface area contributed by atoms with E-state index in [4.69, 9.17) is 0 Å². The number of hydrogen-bond acceptors (Lipinski definition) is 5. The minimum Gasteiger partial charge on any atom is -0.508 e. The Labute approximate surface area is 261 Å². The van der Waals surface area contributed by atoms with Crippen molar-refractivity contribution in [2.75, 3.05) is 4.90 Å². The molecule has 44 heavy (non-hydrogen) atoms. The number of benzene rings is 2. The maximum Gasteiger partial charge on any atom is 0.416 e. The molecule has 1 aliphatic heterocycles. The number of carbonyl (C=O) groups excluding carboxylic acids is 4. The Bertz CT molecular complexity index is 1760. The predicted molar refractivity (Wildman–Crippen MR) is 149 cm³/mol. The fraction of sp³-hybridized carbons (Fsp3) is 0.267. The maximum atomic E-state index is 13.9. The number of anilines is 1. The molecule has 1 N–H and O–H groups in total. The summed E-state index contributed by atoms with van der Waals surface area (Å²) in [6, 6.07) is 5.01. The first-order valence-electron chi connectivity index (χ1n) is 13.0. The number of nitrogens with zero attached hydrogens (tertiary/aromatic N) is 1. The molecule has 0 aromatic heterocycles. The van der Waals surface area contributed by atoms with Gasteiger partial charge in [-0.2, -0.15) is 26.3 Å². The van der Waals surface area contributed by atoms with Crippen LogP contribution in [-0.4, -0.2) is 28.5 Å². The SMILES string of the molecule is O=C1C=C(Br)C(=O)C2=C1[C@@H](c1cc(Br)ccc1O)C1=CC[C@@H]3C(=O)N(c4cc(C(F)(F)F)cc(C(F)(F)F)c4)C(=O)[C@@H]3[C@@H]1C2. The molecule has 0 spiro atoms. The van der Waals surface area contributed by atoms with Crippen molar-refractivity contribution in [2.45, 2.75) is 31.1 Å². The largest absolute Gasteiger partial charge is 0.508 e. The maximum absolute atomic E-state index is 13.9. The number of ketones is 2. The van der Waals surface area contributed by atoms with Crippen molar-refractivity contribution >= 4 is 60.9 Å². The minimum atomic E-state index is -5.20. The summed E-state index contributed by atoms with van der Waals surface area (Å²) in [6.45, 7) is 0. The molecule has 228 valence electrons. The predicted octanol–water partition coefficient (Wildman–Crippen LogP) is 7.16. The van der Waals surface area contributed by atoms with Gasteiger partial charge in [0.15, 0.2) is 11.6 Å². The molecular weight excluding hydrogens is 728 g/mol. The lowest BCUT2D eigenvalue weighted by Gasteiger charge is -2.42. The molecule has 4 atom stereocenters. The molecular formula is C30H17Br2F6NO5. The number of rotatable bonds is 2. The molecule has 0 unspecified atom stereocenters. The number of halogens is 8. The number of hydrogen-bond donors (Lipinski definition) is 1. The molecule has 4 aliphatic rings. The summed E-state index contributed by atoms with van der Waals surface area (Å²) in [5, 5.41) is 10.8. The molecule has 1 saturated heterocycles. The van der Waals surface area contributed by atoms with Gasteiger partial charge < -0.3 is 5.11 Å². The van der Waals surface area contributed by atoms with Gasteiger partial charge in [0.05, 0.1) is 33.1 Å². The van der Waals surface area contributed by atoms with Gasteiger partial charge in [-0.1, -0.05) is 27.6 Å². The highest BCUT2D eigenvalue weighted by molar-refractivity contribution is 9.12. The number of phenols is 1. The van der Waals surface area contributed by atoms with Crippen molar-refractivity contribution < 1.29 is 50.6 Å². The van der Waals surface area contributed by atoms with E-state index in [1.807, 2.05) is 0 Å². The van der Waals surface area contributed by atoms with E-state index >= 15 is 0 Å². The Morgan fingerprint density at radius 3 is 2.09 bits per heavy atom. The molecule has 2 amide bonds. The molecule has 0 bridgehead atoms. The van der Waals surface area contributed by atoms with E-state index in [0.717, 1.165) is 6.08 Å². The van der Waals surface area contributed by atoms with Crippen LogP contribution in [0.15, 0.2) is 74.2 Å². The summed E-state index contributed by atoms with van der Waals surface area (Å²) in [6.07, 6.45) is -8.00. The lowest BCUT2D eigenvalue weighted by Crippen LogP contribution is -2.39. The second kappa shape index (κ2) is 10.3. The fourth-order valence-electron chi connectivity index (χ4n) is 6.64. The van der Waals surface area contributed by atoms with Crippen LogP contribution in [0.4, 0.5) is 32.0 Å². The molecule has 0 radical (unpaired) electrons. The number of allylic oxidation sites excluding steroid dienone is 6. The Balaban J connectivity index is 1.49. The number of imide groups is 1. The van der Waals surface area contributed by atoms with Gasteiger partial charge in [0.1, 0.15) is 5.75 Å². The van der Waals surface area contributed by atoms with E-state index in [-0.39, 0.29) is 45.8 Å². The van der Waals surface area contributed by atoms with Crippen molar-refractivity contribution in [3.63, 3.8) is 0 Å². The summed E-state index contributed by atoms with van der Waals surface area (Å²) in [5.41, 5.74) is -3.45. The normalized spacial score (nSPS) is 25.5. The smallest absolute Gasteiger partial charge is 0.416 e. The minimum absolute atomic E-state index is 0.0358. The van der Waals surface area contributed by atoms with Crippen LogP contribution < -0.4 is 4.90 Å². The Morgan fingerprint density at radius 2 is 1.48 bits per heavy atom. The van der Waals surface area contributed by atoms with Crippen LogP contribution in [0.2, 0.25) is 0 Å². The Hall–Kier alpha value is -3.52. The summed E-state index contributed by atoms with van der Waals surface area (Å²) < 4.78 is 82.1. The molecule has 1 fully saturated rings. The lowest BCUT2D eigenvalue weighted by molar-refractivity contribution is -0.143. The number of alkyl halides is 6. The monoisotopic (exact) mass is 743 g/mol. The second-order valence-corrected chi connectivity index (χ2v) is 12.6. The average molecular weight is 745 g/mol. The van der Waals surface area contributed by atoms with Crippen molar-refractivity contribution in [2.24, 2.45) is 17.8 Å². The highest BCUT2D eigenvalue weighted by atomic mass is 79.9. The topological polar surface area (TPSA) is 91.8 Å². The van der Waals surface area contributed by atoms with E-state index in [2.05, 4.69) is 31.9 Å². The van der Waals surface area contributed by atoms with E-state index in [1.165, 1.54) is 6.07 Å². The van der Waals surface area contributed by atoms with Crippen molar-refractivity contribution in [1.29, 1.82) is 0 Å². The van der Waals surface area contributed by atoms with Gasteiger partial charge in [0, 0.05) is 33.2 Å². The fourth-order valence-corrected chi connectivity index (χ4v) is 7.47. The second-order valence-electron chi connectivity index (χ2n) is 10.9. The van der Waals surface area contributed by atoms with Crippen LogP contribution >= 0.6 is 31.9 Å². The number of amides is 2.